The van der Waals surface area contributed by atoms with Gasteiger partial charge in [-0.1, -0.05) is 0 Å². The fourth-order valence-corrected chi connectivity index (χ4v) is 1.60. The first kappa shape index (κ1) is 11.6. The number of aromatic nitrogens is 4. The summed E-state index contributed by atoms with van der Waals surface area (Å²) >= 11 is 0. The molecule has 0 saturated heterocycles. The van der Waals surface area contributed by atoms with E-state index < -0.39 is 0 Å². The number of anilines is 1. The summed E-state index contributed by atoms with van der Waals surface area (Å²) in [6, 6.07) is 0. The Morgan fingerprint density at radius 1 is 1.41 bits per heavy atom. The summed E-state index contributed by atoms with van der Waals surface area (Å²) < 4.78 is 6.99. The molecule has 0 aliphatic rings. The summed E-state index contributed by atoms with van der Waals surface area (Å²) in [6.45, 7) is 1.59. The Kier molecular flexibility index (Phi) is 3.10. The Labute approximate surface area is 99.2 Å². The number of ether oxygens (including phenoxy) is 1. The molecular formula is C10H16N6O. The van der Waals surface area contributed by atoms with Crippen molar-refractivity contribution in [3.8, 4) is 5.88 Å². The van der Waals surface area contributed by atoms with Gasteiger partial charge in [0.25, 0.3) is 0 Å². The smallest absolute Gasteiger partial charge is 0.245 e. The van der Waals surface area contributed by atoms with Crippen LogP contribution in [0.1, 0.15) is 0 Å². The summed E-state index contributed by atoms with van der Waals surface area (Å²) in [7, 11) is 5.56. The molecular weight excluding hydrogens is 220 g/mol. The van der Waals surface area contributed by atoms with Crippen LogP contribution in [0, 0.1) is 0 Å². The molecule has 0 spiro atoms. The van der Waals surface area contributed by atoms with Gasteiger partial charge in [0.05, 0.1) is 7.11 Å². The molecule has 0 aliphatic carbocycles. The number of methoxy groups -OCH3 is 1. The van der Waals surface area contributed by atoms with Crippen LogP contribution >= 0.6 is 0 Å². The lowest BCUT2D eigenvalue weighted by Gasteiger charge is -2.11. The molecule has 2 aromatic rings. The highest BCUT2D eigenvalue weighted by atomic mass is 16.5. The van der Waals surface area contributed by atoms with Crippen LogP contribution in [0.15, 0.2) is 6.33 Å². The van der Waals surface area contributed by atoms with Crippen LogP contribution in [0.2, 0.25) is 0 Å². The number of imidazole rings is 1. The molecule has 0 unspecified atom stereocenters. The second-order valence-electron chi connectivity index (χ2n) is 3.98. The van der Waals surface area contributed by atoms with Crippen LogP contribution in [-0.4, -0.2) is 52.2 Å². The van der Waals surface area contributed by atoms with Gasteiger partial charge in [0.2, 0.25) is 11.8 Å². The van der Waals surface area contributed by atoms with Crippen LogP contribution in [0.3, 0.4) is 0 Å². The van der Waals surface area contributed by atoms with Gasteiger partial charge in [-0.3, -0.25) is 4.57 Å². The molecule has 2 rings (SSSR count). The second kappa shape index (κ2) is 4.54. The number of fused-ring (bicyclic) bond motifs is 1. The number of nitrogens with two attached hydrogens (primary N) is 1. The van der Waals surface area contributed by atoms with Crippen molar-refractivity contribution in [2.75, 3.05) is 33.5 Å². The first-order valence-corrected chi connectivity index (χ1v) is 5.29. The molecule has 2 heterocycles. The van der Waals surface area contributed by atoms with Crippen molar-refractivity contribution in [2.45, 2.75) is 6.54 Å². The van der Waals surface area contributed by atoms with Crippen molar-refractivity contribution < 1.29 is 4.74 Å². The van der Waals surface area contributed by atoms with Gasteiger partial charge in [-0.15, -0.1) is 0 Å². The Morgan fingerprint density at radius 2 is 2.18 bits per heavy atom. The maximum atomic E-state index is 5.87. The van der Waals surface area contributed by atoms with E-state index in [2.05, 4.69) is 19.9 Å². The maximum absolute atomic E-state index is 5.87. The molecule has 92 valence electrons. The zero-order valence-corrected chi connectivity index (χ0v) is 10.2. The highest BCUT2D eigenvalue weighted by Gasteiger charge is 2.14. The molecule has 0 amide bonds. The second-order valence-corrected chi connectivity index (χ2v) is 3.98. The number of hydrogen-bond donors (Lipinski definition) is 1. The van der Waals surface area contributed by atoms with Gasteiger partial charge in [-0.25, -0.2) is 9.97 Å². The van der Waals surface area contributed by atoms with Crippen LogP contribution < -0.4 is 10.5 Å². The average molecular weight is 236 g/mol. The minimum atomic E-state index is 0.431. The summed E-state index contributed by atoms with van der Waals surface area (Å²) in [5, 5.41) is 0. The van der Waals surface area contributed by atoms with Gasteiger partial charge < -0.3 is 15.4 Å². The van der Waals surface area contributed by atoms with E-state index >= 15 is 0 Å². The number of nitrogens with zero attached hydrogens (tertiary/aromatic N) is 5. The molecule has 0 radical (unpaired) electrons. The summed E-state index contributed by atoms with van der Waals surface area (Å²) in [6.07, 6.45) is 1.45. The maximum Gasteiger partial charge on any atom is 0.245 e. The van der Waals surface area contributed by atoms with Gasteiger partial charge in [0, 0.05) is 13.1 Å². The zero-order valence-electron chi connectivity index (χ0n) is 10.2. The minimum absolute atomic E-state index is 0.431. The molecule has 0 bridgehead atoms. The predicted octanol–water partition coefficient (Wildman–Crippen LogP) is -0.0213. The normalized spacial score (nSPS) is 11.3. The van der Waals surface area contributed by atoms with E-state index in [9.17, 15) is 0 Å². The SMILES string of the molecule is COc1ncnc2c1nc(N)n2CCN(C)C. The highest BCUT2D eigenvalue weighted by Crippen LogP contribution is 2.22. The largest absolute Gasteiger partial charge is 0.479 e. The van der Waals surface area contributed by atoms with Crippen LogP contribution in [-0.2, 0) is 6.54 Å². The van der Waals surface area contributed by atoms with Crippen molar-refractivity contribution in [3.05, 3.63) is 6.33 Å². The molecule has 0 saturated carbocycles. The number of likely N-dealkylation sites (N-methyl/N-ethyl adjacent to an activating group) is 1. The molecule has 7 nitrogen and oxygen atoms in total. The molecule has 0 aliphatic heterocycles. The number of hydrogen-bond acceptors (Lipinski definition) is 6. The fourth-order valence-electron chi connectivity index (χ4n) is 1.60. The molecule has 0 fully saturated rings. The van der Waals surface area contributed by atoms with Crippen LogP contribution in [0.5, 0.6) is 5.88 Å². The average Bonchev–Trinajstić information content (AvgIpc) is 2.62. The van der Waals surface area contributed by atoms with E-state index in [1.807, 2.05) is 18.7 Å². The molecule has 2 aromatic heterocycles. The zero-order chi connectivity index (χ0) is 12.4. The topological polar surface area (TPSA) is 82.1 Å². The third kappa shape index (κ3) is 2.14. The lowest BCUT2D eigenvalue weighted by atomic mass is 10.5. The van der Waals surface area contributed by atoms with Crippen molar-refractivity contribution in [3.63, 3.8) is 0 Å². The van der Waals surface area contributed by atoms with Gasteiger partial charge in [-0.05, 0) is 14.1 Å². The van der Waals surface area contributed by atoms with Crippen LogP contribution in [0.4, 0.5) is 5.95 Å². The highest BCUT2D eigenvalue weighted by molar-refractivity contribution is 5.78. The fraction of sp³-hybridized carbons (Fsp3) is 0.500. The quantitative estimate of drug-likeness (QED) is 0.803. The van der Waals surface area contributed by atoms with Crippen LogP contribution in [0.25, 0.3) is 11.2 Å². The Hall–Kier alpha value is -1.89. The standard InChI is InChI=1S/C10H16N6O/c1-15(2)4-5-16-8-7(14-10(16)11)9(17-3)13-6-12-8/h6H,4-5H2,1-3H3,(H2,11,14). The Morgan fingerprint density at radius 3 is 2.82 bits per heavy atom. The van der Waals surface area contributed by atoms with E-state index in [-0.39, 0.29) is 0 Å². The van der Waals surface area contributed by atoms with Gasteiger partial charge >= 0.3 is 0 Å². The molecule has 7 heteroatoms. The van der Waals surface area contributed by atoms with E-state index in [0.717, 1.165) is 13.1 Å². The van der Waals surface area contributed by atoms with Crippen molar-refractivity contribution >= 4 is 17.1 Å². The Balaban J connectivity index is 2.45. The first-order chi connectivity index (χ1) is 8.13. The lowest BCUT2D eigenvalue weighted by Crippen LogP contribution is -2.19. The van der Waals surface area contributed by atoms with E-state index in [1.54, 1.807) is 7.11 Å². The number of nitrogen functional groups attached to an aromatic ring is 1. The van der Waals surface area contributed by atoms with Gasteiger partial charge in [0.15, 0.2) is 11.2 Å². The minimum Gasteiger partial charge on any atom is -0.479 e. The summed E-state index contributed by atoms with van der Waals surface area (Å²) in [4.78, 5) is 14.5. The van der Waals surface area contributed by atoms with Crippen molar-refractivity contribution in [2.24, 2.45) is 0 Å². The first-order valence-electron chi connectivity index (χ1n) is 5.29. The van der Waals surface area contributed by atoms with E-state index in [1.165, 1.54) is 6.33 Å². The van der Waals surface area contributed by atoms with Gasteiger partial charge in [-0.2, -0.15) is 4.98 Å². The summed E-state index contributed by atoms with van der Waals surface area (Å²) in [5.41, 5.74) is 7.18. The molecule has 2 N–H and O–H groups in total. The Bertz CT molecular complexity index is 521. The number of rotatable bonds is 4. The summed E-state index contributed by atoms with van der Waals surface area (Å²) in [5.74, 6) is 0.881. The van der Waals surface area contributed by atoms with Crippen molar-refractivity contribution in [1.29, 1.82) is 0 Å². The molecule has 0 aromatic carbocycles. The molecule has 0 atom stereocenters. The lowest BCUT2D eigenvalue weighted by molar-refractivity contribution is 0.387. The van der Waals surface area contributed by atoms with Crippen molar-refractivity contribution in [1.82, 2.24) is 24.4 Å². The monoisotopic (exact) mass is 236 g/mol. The van der Waals surface area contributed by atoms with E-state index in [0.29, 0.717) is 23.0 Å². The van der Waals surface area contributed by atoms with Gasteiger partial charge in [0.1, 0.15) is 6.33 Å². The predicted molar refractivity (Wildman–Crippen MR) is 64.8 cm³/mol. The third-order valence-electron chi connectivity index (χ3n) is 2.49. The third-order valence-corrected chi connectivity index (χ3v) is 2.49. The van der Waals surface area contributed by atoms with E-state index in [4.69, 9.17) is 10.5 Å². The molecule has 17 heavy (non-hydrogen) atoms.